The molecule has 5 nitrogen and oxygen atoms in total. The molecule has 0 amide bonds. The maximum absolute atomic E-state index is 12.3. The van der Waals surface area contributed by atoms with E-state index < -0.39 is 12.6 Å². The molecular formula is C15H12ClF3N4O. The maximum Gasteiger partial charge on any atom is 0.389 e. The van der Waals surface area contributed by atoms with E-state index in [9.17, 15) is 13.2 Å². The van der Waals surface area contributed by atoms with Gasteiger partial charge in [-0.15, -0.1) is 0 Å². The van der Waals surface area contributed by atoms with Crippen LogP contribution in [0.25, 0.3) is 10.9 Å². The molecule has 0 saturated heterocycles. The first kappa shape index (κ1) is 16.5. The normalized spacial score (nSPS) is 11.8. The molecule has 0 aliphatic heterocycles. The number of para-hydroxylation sites is 1. The monoisotopic (exact) mass is 356 g/mol. The Kier molecular flexibility index (Phi) is 4.57. The molecule has 0 spiro atoms. The van der Waals surface area contributed by atoms with E-state index in [0.717, 1.165) is 5.39 Å². The van der Waals surface area contributed by atoms with Crippen molar-refractivity contribution in [1.29, 1.82) is 0 Å². The Labute approximate surface area is 140 Å². The fourth-order valence-corrected chi connectivity index (χ4v) is 2.34. The first-order chi connectivity index (χ1) is 11.4. The van der Waals surface area contributed by atoms with Crippen LogP contribution in [0.3, 0.4) is 0 Å². The van der Waals surface area contributed by atoms with Gasteiger partial charge in [-0.3, -0.25) is 4.68 Å². The molecule has 0 fully saturated rings. The smallest absolute Gasteiger partial charge is 0.389 e. The van der Waals surface area contributed by atoms with Crippen molar-refractivity contribution in [3.63, 3.8) is 0 Å². The highest BCUT2D eigenvalue weighted by molar-refractivity contribution is 6.30. The molecule has 3 rings (SSSR count). The summed E-state index contributed by atoms with van der Waals surface area (Å²) >= 11 is 5.72. The third kappa shape index (κ3) is 3.94. The van der Waals surface area contributed by atoms with E-state index >= 15 is 0 Å². The molecule has 2 heterocycles. The predicted octanol–water partition coefficient (Wildman–Crippen LogP) is 4.61. The van der Waals surface area contributed by atoms with Gasteiger partial charge in [0.15, 0.2) is 5.75 Å². The van der Waals surface area contributed by atoms with E-state index in [2.05, 4.69) is 15.1 Å². The Balaban J connectivity index is 1.85. The second-order valence-corrected chi connectivity index (χ2v) is 5.50. The van der Waals surface area contributed by atoms with Gasteiger partial charge in [0.25, 0.3) is 0 Å². The zero-order valence-electron chi connectivity index (χ0n) is 12.3. The number of ether oxygens (including phenoxy) is 1. The second kappa shape index (κ2) is 6.64. The fourth-order valence-electron chi connectivity index (χ4n) is 2.24. The minimum absolute atomic E-state index is 0.0634. The molecule has 126 valence electrons. The number of nitrogens with zero attached hydrogens (tertiary/aromatic N) is 4. The summed E-state index contributed by atoms with van der Waals surface area (Å²) < 4.78 is 44.1. The van der Waals surface area contributed by atoms with Gasteiger partial charge in [-0.2, -0.15) is 18.3 Å². The average Bonchev–Trinajstić information content (AvgIpc) is 2.93. The lowest BCUT2D eigenvalue weighted by atomic mass is 10.2. The lowest BCUT2D eigenvalue weighted by Crippen LogP contribution is -2.10. The van der Waals surface area contributed by atoms with Gasteiger partial charge in [0.1, 0.15) is 5.52 Å². The first-order valence-electron chi connectivity index (χ1n) is 7.09. The predicted molar refractivity (Wildman–Crippen MR) is 82.1 cm³/mol. The topological polar surface area (TPSA) is 52.8 Å². The highest BCUT2D eigenvalue weighted by Gasteiger charge is 2.26. The summed E-state index contributed by atoms with van der Waals surface area (Å²) in [6.45, 7) is 0.130. The van der Waals surface area contributed by atoms with E-state index in [-0.39, 0.29) is 19.0 Å². The Morgan fingerprint density at radius 3 is 2.58 bits per heavy atom. The zero-order valence-corrected chi connectivity index (χ0v) is 13.1. The number of aromatic nitrogens is 4. The fraction of sp³-hybridized carbons (Fsp3) is 0.267. The van der Waals surface area contributed by atoms with Gasteiger partial charge in [0.2, 0.25) is 0 Å². The highest BCUT2D eigenvalue weighted by Crippen LogP contribution is 2.29. The van der Waals surface area contributed by atoms with Crippen LogP contribution in [0.5, 0.6) is 11.8 Å². The minimum atomic E-state index is -4.18. The van der Waals surface area contributed by atoms with Crippen molar-refractivity contribution in [2.45, 2.75) is 25.6 Å². The molecule has 1 aromatic carbocycles. The third-order valence-electron chi connectivity index (χ3n) is 3.25. The van der Waals surface area contributed by atoms with Crippen molar-refractivity contribution >= 4 is 22.5 Å². The molecule has 0 radical (unpaired) electrons. The van der Waals surface area contributed by atoms with Crippen molar-refractivity contribution in [2.75, 3.05) is 0 Å². The number of rotatable bonds is 5. The summed E-state index contributed by atoms with van der Waals surface area (Å²) in [6, 6.07) is 5.34. The number of benzene rings is 1. The van der Waals surface area contributed by atoms with Crippen LogP contribution in [0, 0.1) is 0 Å². The van der Waals surface area contributed by atoms with Gasteiger partial charge < -0.3 is 4.74 Å². The van der Waals surface area contributed by atoms with Crippen molar-refractivity contribution in [2.24, 2.45) is 0 Å². The Morgan fingerprint density at radius 2 is 1.88 bits per heavy atom. The minimum Gasteiger partial charge on any atom is -0.422 e. The van der Waals surface area contributed by atoms with Crippen molar-refractivity contribution in [3.05, 3.63) is 41.8 Å². The average molecular weight is 357 g/mol. The molecule has 0 aliphatic rings. The van der Waals surface area contributed by atoms with Gasteiger partial charge in [0, 0.05) is 18.4 Å². The summed E-state index contributed by atoms with van der Waals surface area (Å²) in [7, 11) is 0. The van der Waals surface area contributed by atoms with Gasteiger partial charge in [-0.1, -0.05) is 23.7 Å². The van der Waals surface area contributed by atoms with Crippen molar-refractivity contribution in [1.82, 2.24) is 19.7 Å². The summed E-state index contributed by atoms with van der Waals surface area (Å²) in [6.07, 6.45) is -0.739. The summed E-state index contributed by atoms with van der Waals surface area (Å²) in [5.74, 6) is 0.416. The Hall–Kier alpha value is -2.35. The third-order valence-corrected chi connectivity index (χ3v) is 3.45. The van der Waals surface area contributed by atoms with Gasteiger partial charge in [-0.05, 0) is 12.5 Å². The van der Waals surface area contributed by atoms with E-state index in [1.807, 2.05) is 0 Å². The molecule has 3 aromatic rings. The number of hydrogen-bond donors (Lipinski definition) is 0. The molecule has 2 aromatic heterocycles. The van der Waals surface area contributed by atoms with E-state index in [4.69, 9.17) is 16.3 Å². The highest BCUT2D eigenvalue weighted by atomic mass is 35.5. The number of alkyl halides is 3. The standard InChI is InChI=1S/C15H12ClF3N4O/c16-11-8-20-14(21-9-11)24-12-4-1-3-10-7-22-23(13(10)12)6-2-5-15(17,18)19/h1,3-4,7-9H,2,5-6H2. The van der Waals surface area contributed by atoms with Gasteiger partial charge in [-0.25, -0.2) is 9.97 Å². The van der Waals surface area contributed by atoms with E-state index in [0.29, 0.717) is 16.3 Å². The molecule has 0 saturated carbocycles. The van der Waals surface area contributed by atoms with Gasteiger partial charge in [0.05, 0.1) is 23.6 Å². The molecule has 0 bridgehead atoms. The van der Waals surface area contributed by atoms with Crippen LogP contribution in [0.1, 0.15) is 12.8 Å². The molecular weight excluding hydrogens is 345 g/mol. The van der Waals surface area contributed by atoms with Crippen molar-refractivity contribution in [3.8, 4) is 11.8 Å². The number of halogens is 4. The molecule has 24 heavy (non-hydrogen) atoms. The van der Waals surface area contributed by atoms with Crippen LogP contribution in [0.15, 0.2) is 36.8 Å². The summed E-state index contributed by atoms with van der Waals surface area (Å²) in [5, 5.41) is 5.27. The van der Waals surface area contributed by atoms with Crippen molar-refractivity contribution < 1.29 is 17.9 Å². The number of aryl methyl sites for hydroxylation is 1. The maximum atomic E-state index is 12.3. The SMILES string of the molecule is FC(F)(F)CCCn1ncc2cccc(Oc3ncc(Cl)cn3)c21. The first-order valence-corrected chi connectivity index (χ1v) is 7.47. The zero-order chi connectivity index (χ0) is 17.2. The van der Waals surface area contributed by atoms with Crippen LogP contribution in [0.4, 0.5) is 13.2 Å². The molecule has 0 N–H and O–H groups in total. The quantitative estimate of drug-likeness (QED) is 0.669. The number of fused-ring (bicyclic) bond motifs is 1. The van der Waals surface area contributed by atoms with Crippen LogP contribution in [-0.4, -0.2) is 25.9 Å². The largest absolute Gasteiger partial charge is 0.422 e. The van der Waals surface area contributed by atoms with Crippen LogP contribution in [-0.2, 0) is 6.54 Å². The lowest BCUT2D eigenvalue weighted by Gasteiger charge is -2.10. The molecule has 0 aliphatic carbocycles. The van der Waals surface area contributed by atoms with Crippen LogP contribution in [0.2, 0.25) is 5.02 Å². The van der Waals surface area contributed by atoms with E-state index in [1.54, 1.807) is 24.4 Å². The Bertz CT molecular complexity index is 833. The van der Waals surface area contributed by atoms with Crippen LogP contribution >= 0.6 is 11.6 Å². The second-order valence-electron chi connectivity index (χ2n) is 5.07. The summed E-state index contributed by atoms with van der Waals surface area (Å²) in [5.41, 5.74) is 0.596. The molecule has 9 heteroatoms. The van der Waals surface area contributed by atoms with Gasteiger partial charge >= 0.3 is 12.2 Å². The lowest BCUT2D eigenvalue weighted by molar-refractivity contribution is -0.135. The number of hydrogen-bond acceptors (Lipinski definition) is 4. The molecule has 0 atom stereocenters. The van der Waals surface area contributed by atoms with E-state index in [1.165, 1.54) is 17.1 Å². The van der Waals surface area contributed by atoms with Crippen LogP contribution < -0.4 is 4.74 Å². The summed E-state index contributed by atoms with van der Waals surface area (Å²) in [4.78, 5) is 7.89. The Morgan fingerprint density at radius 1 is 1.12 bits per heavy atom. The molecule has 0 unspecified atom stereocenters.